The number of anilines is 1. The van der Waals surface area contributed by atoms with Gasteiger partial charge in [0, 0.05) is 24.7 Å². The minimum absolute atomic E-state index is 0.256. The lowest BCUT2D eigenvalue weighted by atomic mass is 9.83. The third-order valence-electron chi connectivity index (χ3n) is 7.24. The van der Waals surface area contributed by atoms with Crippen molar-refractivity contribution < 1.29 is 0 Å². The van der Waals surface area contributed by atoms with E-state index < -0.39 is 5.92 Å². The van der Waals surface area contributed by atoms with Crippen molar-refractivity contribution in [3.63, 3.8) is 0 Å². The van der Waals surface area contributed by atoms with E-state index in [9.17, 15) is 9.59 Å². The Kier molecular flexibility index (Phi) is 6.92. The standard InChI is InChI=1S/C31H33N5O2/c1-5-36(6-2)24-17-15-21(16-18-24)25(26-28(32-34-30(26)37)22-11-7-19(3)8-12-22)27-29(33-35-31(27)38)23-13-9-20(4)10-14-23/h7-18,25H,5-6H2,1-4H3,(H2,32,34,37)(H2,33,35,38). The van der Waals surface area contributed by atoms with Crippen LogP contribution in [-0.2, 0) is 0 Å². The highest BCUT2D eigenvalue weighted by atomic mass is 16.1. The predicted octanol–water partition coefficient (Wildman–Crippen LogP) is 5.70. The number of nitrogens with one attached hydrogen (secondary N) is 4. The fourth-order valence-electron chi connectivity index (χ4n) is 5.13. The van der Waals surface area contributed by atoms with Crippen molar-refractivity contribution in [3.8, 4) is 22.5 Å². The summed E-state index contributed by atoms with van der Waals surface area (Å²) in [6.07, 6.45) is 0. The van der Waals surface area contributed by atoms with Gasteiger partial charge in [0.2, 0.25) is 0 Å². The molecule has 0 spiro atoms. The van der Waals surface area contributed by atoms with E-state index in [0.29, 0.717) is 22.5 Å². The summed E-state index contributed by atoms with van der Waals surface area (Å²) >= 11 is 0. The molecule has 0 bridgehead atoms. The number of hydrogen-bond donors (Lipinski definition) is 4. The molecule has 5 aromatic rings. The Hall–Kier alpha value is -4.52. The molecule has 0 saturated heterocycles. The van der Waals surface area contributed by atoms with Crippen LogP contribution in [0.4, 0.5) is 5.69 Å². The Morgan fingerprint density at radius 2 is 1.03 bits per heavy atom. The summed E-state index contributed by atoms with van der Waals surface area (Å²) < 4.78 is 0. The Balaban J connectivity index is 1.75. The lowest BCUT2D eigenvalue weighted by Crippen LogP contribution is -2.22. The molecule has 3 aromatic carbocycles. The third kappa shape index (κ3) is 4.63. The van der Waals surface area contributed by atoms with Gasteiger partial charge in [0.1, 0.15) is 0 Å². The molecular weight excluding hydrogens is 474 g/mol. The van der Waals surface area contributed by atoms with Crippen LogP contribution in [-0.4, -0.2) is 33.5 Å². The van der Waals surface area contributed by atoms with Gasteiger partial charge in [0.25, 0.3) is 11.1 Å². The Bertz CT molecular complexity index is 1530. The fraction of sp³-hybridized carbons (Fsp3) is 0.226. The van der Waals surface area contributed by atoms with Gasteiger partial charge in [-0.15, -0.1) is 0 Å². The average molecular weight is 508 g/mol. The molecule has 0 unspecified atom stereocenters. The first-order valence-corrected chi connectivity index (χ1v) is 13.0. The van der Waals surface area contributed by atoms with Crippen molar-refractivity contribution in [2.45, 2.75) is 33.6 Å². The molecule has 2 aromatic heterocycles. The van der Waals surface area contributed by atoms with Gasteiger partial charge < -0.3 is 4.90 Å². The van der Waals surface area contributed by atoms with Crippen molar-refractivity contribution in [2.24, 2.45) is 0 Å². The topological polar surface area (TPSA) is 101 Å². The Morgan fingerprint density at radius 1 is 0.605 bits per heavy atom. The van der Waals surface area contributed by atoms with E-state index in [1.54, 1.807) is 0 Å². The van der Waals surface area contributed by atoms with E-state index in [0.717, 1.165) is 46.6 Å². The largest absolute Gasteiger partial charge is 0.372 e. The average Bonchev–Trinajstić information content (AvgIpc) is 3.50. The second-order valence-electron chi connectivity index (χ2n) is 9.66. The van der Waals surface area contributed by atoms with Crippen LogP contribution in [0.1, 0.15) is 47.6 Å². The van der Waals surface area contributed by atoms with Gasteiger partial charge in [0.15, 0.2) is 0 Å². The van der Waals surface area contributed by atoms with E-state index >= 15 is 0 Å². The van der Waals surface area contributed by atoms with Gasteiger partial charge >= 0.3 is 0 Å². The van der Waals surface area contributed by atoms with E-state index in [4.69, 9.17) is 0 Å². The number of aryl methyl sites for hydroxylation is 2. The quantitative estimate of drug-likeness (QED) is 0.217. The molecule has 0 atom stereocenters. The second kappa shape index (κ2) is 10.5. The Labute approximate surface area is 221 Å². The summed E-state index contributed by atoms with van der Waals surface area (Å²) in [5.74, 6) is -0.613. The smallest absolute Gasteiger partial charge is 0.268 e. The van der Waals surface area contributed by atoms with Gasteiger partial charge in [0.05, 0.1) is 22.5 Å². The zero-order chi connectivity index (χ0) is 26.8. The van der Waals surface area contributed by atoms with Crippen LogP contribution in [0.5, 0.6) is 0 Å². The van der Waals surface area contributed by atoms with Crippen LogP contribution in [0.25, 0.3) is 22.5 Å². The zero-order valence-corrected chi connectivity index (χ0v) is 22.2. The molecule has 194 valence electrons. The SMILES string of the molecule is CCN(CC)c1ccc(C(c2c(-c3ccc(C)cc3)[nH][nH]c2=O)c2c(-c3ccc(C)cc3)[nH][nH]c2=O)cc1. The molecule has 0 saturated carbocycles. The molecule has 2 heterocycles. The molecule has 7 nitrogen and oxygen atoms in total. The van der Waals surface area contributed by atoms with Crippen molar-refractivity contribution in [2.75, 3.05) is 18.0 Å². The highest BCUT2D eigenvalue weighted by molar-refractivity contribution is 5.71. The summed E-state index contributed by atoms with van der Waals surface area (Å²) in [6, 6.07) is 24.2. The van der Waals surface area contributed by atoms with Crippen molar-refractivity contribution in [1.82, 2.24) is 20.4 Å². The molecule has 5 rings (SSSR count). The lowest BCUT2D eigenvalue weighted by molar-refractivity contribution is 0.864. The van der Waals surface area contributed by atoms with Crippen molar-refractivity contribution in [3.05, 3.63) is 121 Å². The molecule has 0 amide bonds. The maximum absolute atomic E-state index is 13.4. The number of benzene rings is 3. The van der Waals surface area contributed by atoms with Crippen LogP contribution in [0.2, 0.25) is 0 Å². The number of rotatable bonds is 8. The van der Waals surface area contributed by atoms with Gasteiger partial charge in [-0.25, -0.2) is 0 Å². The van der Waals surface area contributed by atoms with Gasteiger partial charge in [-0.05, 0) is 56.5 Å². The van der Waals surface area contributed by atoms with Crippen LogP contribution in [0, 0.1) is 13.8 Å². The molecule has 0 radical (unpaired) electrons. The first-order chi connectivity index (χ1) is 18.4. The van der Waals surface area contributed by atoms with Crippen LogP contribution in [0.3, 0.4) is 0 Å². The monoisotopic (exact) mass is 507 g/mol. The van der Waals surface area contributed by atoms with Crippen LogP contribution in [0.15, 0.2) is 82.4 Å². The molecular formula is C31H33N5O2. The molecule has 4 N–H and O–H groups in total. The van der Waals surface area contributed by atoms with Crippen molar-refractivity contribution >= 4 is 5.69 Å². The highest BCUT2D eigenvalue weighted by Gasteiger charge is 2.31. The summed E-state index contributed by atoms with van der Waals surface area (Å²) in [5.41, 5.74) is 7.79. The van der Waals surface area contributed by atoms with E-state index in [1.165, 1.54) is 0 Å². The van der Waals surface area contributed by atoms with E-state index in [1.807, 2.05) is 74.5 Å². The first-order valence-electron chi connectivity index (χ1n) is 13.0. The number of H-pyrrole nitrogens is 4. The maximum Gasteiger partial charge on any atom is 0.268 e. The second-order valence-corrected chi connectivity index (χ2v) is 9.66. The summed E-state index contributed by atoms with van der Waals surface area (Å²) in [5, 5.41) is 11.7. The zero-order valence-electron chi connectivity index (χ0n) is 22.2. The molecule has 0 aliphatic rings. The highest BCUT2D eigenvalue weighted by Crippen LogP contribution is 2.38. The third-order valence-corrected chi connectivity index (χ3v) is 7.24. The number of hydrogen-bond acceptors (Lipinski definition) is 3. The molecule has 0 fully saturated rings. The van der Waals surface area contributed by atoms with Gasteiger partial charge in [-0.1, -0.05) is 71.8 Å². The summed E-state index contributed by atoms with van der Waals surface area (Å²) in [7, 11) is 0. The summed E-state index contributed by atoms with van der Waals surface area (Å²) in [4.78, 5) is 29.2. The lowest BCUT2D eigenvalue weighted by Gasteiger charge is -2.23. The van der Waals surface area contributed by atoms with E-state index in [-0.39, 0.29) is 11.1 Å². The van der Waals surface area contributed by atoms with Crippen molar-refractivity contribution in [1.29, 1.82) is 0 Å². The molecule has 38 heavy (non-hydrogen) atoms. The maximum atomic E-state index is 13.4. The minimum atomic E-state index is -0.613. The van der Waals surface area contributed by atoms with Gasteiger partial charge in [-0.2, -0.15) is 0 Å². The normalized spacial score (nSPS) is 11.3. The minimum Gasteiger partial charge on any atom is -0.372 e. The van der Waals surface area contributed by atoms with Crippen LogP contribution < -0.4 is 16.0 Å². The van der Waals surface area contributed by atoms with Crippen LogP contribution >= 0.6 is 0 Å². The number of nitrogens with zero attached hydrogens (tertiary/aromatic N) is 1. The summed E-state index contributed by atoms with van der Waals surface area (Å²) in [6.45, 7) is 10.1. The number of aromatic amines is 4. The molecule has 0 aliphatic carbocycles. The Morgan fingerprint density at radius 3 is 1.42 bits per heavy atom. The van der Waals surface area contributed by atoms with Gasteiger partial charge in [-0.3, -0.25) is 30.0 Å². The first kappa shape index (κ1) is 25.1. The molecule has 0 aliphatic heterocycles. The number of aromatic nitrogens is 4. The predicted molar refractivity (Wildman–Crippen MR) is 154 cm³/mol. The fourth-order valence-corrected chi connectivity index (χ4v) is 5.13. The molecule has 7 heteroatoms. The van der Waals surface area contributed by atoms with E-state index in [2.05, 4.69) is 51.3 Å².